The SMILES string of the molecule is Cc1nc2c(C(=O)O)cccc2n1Cc1cccnc1. The molecule has 3 rings (SSSR count). The predicted molar refractivity (Wildman–Crippen MR) is 74.8 cm³/mol. The van der Waals surface area contributed by atoms with Gasteiger partial charge in [0.1, 0.15) is 11.3 Å². The summed E-state index contributed by atoms with van der Waals surface area (Å²) in [7, 11) is 0. The molecule has 5 heteroatoms. The van der Waals surface area contributed by atoms with Crippen LogP contribution in [-0.4, -0.2) is 25.6 Å². The maximum atomic E-state index is 11.2. The maximum Gasteiger partial charge on any atom is 0.337 e. The number of aryl methyl sites for hydroxylation is 1. The van der Waals surface area contributed by atoms with Gasteiger partial charge in [-0.15, -0.1) is 0 Å². The van der Waals surface area contributed by atoms with Gasteiger partial charge in [-0.05, 0) is 30.7 Å². The summed E-state index contributed by atoms with van der Waals surface area (Å²) in [6.45, 7) is 2.50. The minimum Gasteiger partial charge on any atom is -0.478 e. The van der Waals surface area contributed by atoms with Crippen LogP contribution in [0.25, 0.3) is 11.0 Å². The molecular weight excluding hydrogens is 254 g/mol. The number of pyridine rings is 1. The van der Waals surface area contributed by atoms with Gasteiger partial charge < -0.3 is 9.67 Å². The fourth-order valence-corrected chi connectivity index (χ4v) is 2.31. The molecule has 0 aliphatic heterocycles. The van der Waals surface area contributed by atoms with Gasteiger partial charge in [0.2, 0.25) is 0 Å². The Balaban J connectivity index is 2.14. The number of carbonyl (C=O) groups is 1. The number of nitrogens with zero attached hydrogens (tertiary/aromatic N) is 3. The van der Waals surface area contributed by atoms with Crippen molar-refractivity contribution in [3.8, 4) is 0 Å². The highest BCUT2D eigenvalue weighted by atomic mass is 16.4. The van der Waals surface area contributed by atoms with Gasteiger partial charge in [0.15, 0.2) is 0 Å². The Bertz CT molecular complexity index is 778. The van der Waals surface area contributed by atoms with Crippen molar-refractivity contribution in [2.45, 2.75) is 13.5 Å². The van der Waals surface area contributed by atoms with Gasteiger partial charge in [-0.3, -0.25) is 4.98 Å². The number of hydrogen-bond acceptors (Lipinski definition) is 3. The van der Waals surface area contributed by atoms with Crippen LogP contribution < -0.4 is 0 Å². The number of carboxylic acids is 1. The molecular formula is C15H13N3O2. The molecule has 0 bridgehead atoms. The summed E-state index contributed by atoms with van der Waals surface area (Å²) in [4.78, 5) is 19.7. The summed E-state index contributed by atoms with van der Waals surface area (Å²) >= 11 is 0. The van der Waals surface area contributed by atoms with Crippen LogP contribution in [0.2, 0.25) is 0 Å². The number of para-hydroxylation sites is 1. The lowest BCUT2D eigenvalue weighted by atomic mass is 10.2. The minimum atomic E-state index is -0.957. The smallest absolute Gasteiger partial charge is 0.337 e. The van der Waals surface area contributed by atoms with E-state index in [4.69, 9.17) is 0 Å². The van der Waals surface area contributed by atoms with Gasteiger partial charge in [-0.2, -0.15) is 0 Å². The van der Waals surface area contributed by atoms with E-state index in [0.717, 1.165) is 16.9 Å². The monoisotopic (exact) mass is 267 g/mol. The van der Waals surface area contributed by atoms with Crippen LogP contribution in [0.3, 0.4) is 0 Å². The molecule has 1 N–H and O–H groups in total. The van der Waals surface area contributed by atoms with Gasteiger partial charge in [-0.1, -0.05) is 12.1 Å². The molecule has 0 aliphatic carbocycles. The molecule has 0 amide bonds. The van der Waals surface area contributed by atoms with Crippen LogP contribution >= 0.6 is 0 Å². The second-order valence-electron chi connectivity index (χ2n) is 4.58. The number of aromatic nitrogens is 3. The number of imidazole rings is 1. The second kappa shape index (κ2) is 4.77. The minimum absolute atomic E-state index is 0.232. The largest absolute Gasteiger partial charge is 0.478 e. The molecule has 0 unspecified atom stereocenters. The Morgan fingerprint density at radius 1 is 1.30 bits per heavy atom. The van der Waals surface area contributed by atoms with Crippen molar-refractivity contribution < 1.29 is 9.90 Å². The molecule has 1 aromatic carbocycles. The van der Waals surface area contributed by atoms with Gasteiger partial charge in [0.05, 0.1) is 17.6 Å². The summed E-state index contributed by atoms with van der Waals surface area (Å²) in [5.41, 5.74) is 2.64. The summed E-state index contributed by atoms with van der Waals surface area (Å²) in [5.74, 6) is -0.167. The fourth-order valence-electron chi connectivity index (χ4n) is 2.31. The number of benzene rings is 1. The highest BCUT2D eigenvalue weighted by molar-refractivity contribution is 6.01. The number of rotatable bonds is 3. The molecule has 0 spiro atoms. The molecule has 20 heavy (non-hydrogen) atoms. The molecule has 0 saturated carbocycles. The first kappa shape index (κ1) is 12.3. The highest BCUT2D eigenvalue weighted by Gasteiger charge is 2.14. The van der Waals surface area contributed by atoms with Crippen molar-refractivity contribution in [3.05, 3.63) is 59.7 Å². The van der Waals surface area contributed by atoms with Gasteiger partial charge >= 0.3 is 5.97 Å². The Labute approximate surface area is 115 Å². The van der Waals surface area contributed by atoms with E-state index < -0.39 is 5.97 Å². The fraction of sp³-hybridized carbons (Fsp3) is 0.133. The number of aromatic carboxylic acids is 1. The molecule has 2 aromatic heterocycles. The molecule has 5 nitrogen and oxygen atoms in total. The van der Waals surface area contributed by atoms with E-state index in [-0.39, 0.29) is 5.56 Å². The predicted octanol–water partition coefficient (Wildman–Crippen LogP) is 2.49. The molecule has 0 fully saturated rings. The molecule has 0 aliphatic rings. The van der Waals surface area contributed by atoms with Crippen LogP contribution in [0, 0.1) is 6.92 Å². The van der Waals surface area contributed by atoms with Crippen molar-refractivity contribution in [2.75, 3.05) is 0 Å². The Kier molecular flexibility index (Phi) is 2.95. The maximum absolute atomic E-state index is 11.2. The van der Waals surface area contributed by atoms with E-state index in [0.29, 0.717) is 12.1 Å². The zero-order valence-corrected chi connectivity index (χ0v) is 10.9. The first-order chi connectivity index (χ1) is 9.66. The molecule has 3 aromatic rings. The van der Waals surface area contributed by atoms with Crippen molar-refractivity contribution in [2.24, 2.45) is 0 Å². The van der Waals surface area contributed by atoms with E-state index in [1.165, 1.54) is 0 Å². The Morgan fingerprint density at radius 2 is 2.15 bits per heavy atom. The standard InChI is InChI=1S/C15H13N3O2/c1-10-17-14-12(15(19)20)5-2-6-13(14)18(10)9-11-4-3-7-16-8-11/h2-8H,9H2,1H3,(H,19,20). The molecule has 0 radical (unpaired) electrons. The zero-order chi connectivity index (χ0) is 14.1. The third kappa shape index (κ3) is 2.03. The van der Waals surface area contributed by atoms with Crippen molar-refractivity contribution in [1.29, 1.82) is 0 Å². The lowest BCUT2D eigenvalue weighted by Crippen LogP contribution is -2.02. The number of hydrogen-bond donors (Lipinski definition) is 1. The van der Waals surface area contributed by atoms with Crippen LogP contribution in [0.4, 0.5) is 0 Å². The van der Waals surface area contributed by atoms with Gasteiger partial charge in [-0.25, -0.2) is 9.78 Å². The van der Waals surface area contributed by atoms with Crippen LogP contribution in [-0.2, 0) is 6.54 Å². The normalized spacial score (nSPS) is 10.8. The molecule has 2 heterocycles. The van der Waals surface area contributed by atoms with Crippen LogP contribution in [0.15, 0.2) is 42.7 Å². The number of carboxylic acid groups (broad SMARTS) is 1. The molecule has 0 saturated heterocycles. The lowest BCUT2D eigenvalue weighted by Gasteiger charge is -2.06. The van der Waals surface area contributed by atoms with Crippen molar-refractivity contribution >= 4 is 17.0 Å². The van der Waals surface area contributed by atoms with E-state index in [9.17, 15) is 9.90 Å². The average molecular weight is 267 g/mol. The summed E-state index contributed by atoms with van der Waals surface area (Å²) in [6.07, 6.45) is 3.53. The third-order valence-electron chi connectivity index (χ3n) is 3.26. The van der Waals surface area contributed by atoms with Gasteiger partial charge in [0, 0.05) is 12.4 Å². The average Bonchev–Trinajstić information content (AvgIpc) is 2.76. The van der Waals surface area contributed by atoms with E-state index in [1.807, 2.05) is 29.7 Å². The lowest BCUT2D eigenvalue weighted by molar-refractivity contribution is 0.0699. The van der Waals surface area contributed by atoms with E-state index >= 15 is 0 Å². The number of fused-ring (bicyclic) bond motifs is 1. The summed E-state index contributed by atoms with van der Waals surface area (Å²) in [5, 5.41) is 9.21. The van der Waals surface area contributed by atoms with Crippen LogP contribution in [0.5, 0.6) is 0 Å². The zero-order valence-electron chi connectivity index (χ0n) is 10.9. The molecule has 0 atom stereocenters. The Morgan fingerprint density at radius 3 is 2.85 bits per heavy atom. The highest BCUT2D eigenvalue weighted by Crippen LogP contribution is 2.21. The van der Waals surface area contributed by atoms with Gasteiger partial charge in [0.25, 0.3) is 0 Å². The molecule has 100 valence electrons. The quantitative estimate of drug-likeness (QED) is 0.791. The van der Waals surface area contributed by atoms with Crippen molar-refractivity contribution in [1.82, 2.24) is 14.5 Å². The summed E-state index contributed by atoms with van der Waals surface area (Å²) in [6, 6.07) is 9.07. The van der Waals surface area contributed by atoms with Crippen molar-refractivity contribution in [3.63, 3.8) is 0 Å². The van der Waals surface area contributed by atoms with Crippen LogP contribution in [0.1, 0.15) is 21.7 Å². The Hall–Kier alpha value is -2.69. The second-order valence-corrected chi connectivity index (χ2v) is 4.58. The first-order valence-electron chi connectivity index (χ1n) is 6.25. The summed E-state index contributed by atoms with van der Waals surface area (Å²) < 4.78 is 2.00. The van der Waals surface area contributed by atoms with E-state index in [2.05, 4.69) is 9.97 Å². The topological polar surface area (TPSA) is 68.0 Å². The van der Waals surface area contributed by atoms with E-state index in [1.54, 1.807) is 24.5 Å². The third-order valence-corrected chi connectivity index (χ3v) is 3.26. The first-order valence-corrected chi connectivity index (χ1v) is 6.25.